The Morgan fingerprint density at radius 2 is 2.33 bits per heavy atom. The van der Waals surface area contributed by atoms with Crippen molar-refractivity contribution in [2.24, 2.45) is 5.73 Å². The minimum absolute atomic E-state index is 0.0950. The van der Waals surface area contributed by atoms with E-state index in [0.29, 0.717) is 0 Å². The monoisotopic (exact) mass is 209 g/mol. The molecule has 0 amide bonds. The number of fused-ring (bicyclic) bond motifs is 1. The Balaban J connectivity index is 1.98. The fourth-order valence-electron chi connectivity index (χ4n) is 1.87. The summed E-state index contributed by atoms with van der Waals surface area (Å²) in [5, 5.41) is 8.00. The van der Waals surface area contributed by atoms with Crippen LogP contribution in [0.25, 0.3) is 0 Å². The summed E-state index contributed by atoms with van der Waals surface area (Å²) in [4.78, 5) is 2.35. The Labute approximate surface area is 90.3 Å². The molecule has 0 aromatic carbocycles. The first-order valence-electron chi connectivity index (χ1n) is 5.48. The summed E-state index contributed by atoms with van der Waals surface area (Å²) in [6.45, 7) is 8.04. The van der Waals surface area contributed by atoms with Crippen molar-refractivity contribution in [3.05, 3.63) is 12.2 Å². The molecule has 1 unspecified atom stereocenters. The Morgan fingerprint density at radius 1 is 1.53 bits per heavy atom. The van der Waals surface area contributed by atoms with Gasteiger partial charge in [0.25, 0.3) is 0 Å². The van der Waals surface area contributed by atoms with Gasteiger partial charge in [-0.05, 0) is 13.3 Å². The minimum atomic E-state index is -0.0950. The van der Waals surface area contributed by atoms with Gasteiger partial charge in [0.15, 0.2) is 0 Å². The maximum absolute atomic E-state index is 6.16. The van der Waals surface area contributed by atoms with Crippen LogP contribution in [0.15, 0.2) is 6.33 Å². The van der Waals surface area contributed by atoms with Crippen molar-refractivity contribution in [2.75, 3.05) is 13.1 Å². The number of hydrogen-bond acceptors (Lipinski definition) is 4. The van der Waals surface area contributed by atoms with Crippen molar-refractivity contribution in [1.82, 2.24) is 19.7 Å². The Kier molecular flexibility index (Phi) is 2.75. The third kappa shape index (κ3) is 2.35. The average molecular weight is 209 g/mol. The van der Waals surface area contributed by atoms with Gasteiger partial charge in [0.1, 0.15) is 12.2 Å². The van der Waals surface area contributed by atoms with E-state index in [9.17, 15) is 0 Å². The summed E-state index contributed by atoms with van der Waals surface area (Å²) in [5.74, 6) is 1.05. The van der Waals surface area contributed by atoms with Crippen LogP contribution in [0.4, 0.5) is 0 Å². The highest BCUT2D eigenvalue weighted by molar-refractivity contribution is 4.92. The summed E-state index contributed by atoms with van der Waals surface area (Å²) in [6.07, 6.45) is 2.80. The van der Waals surface area contributed by atoms with Gasteiger partial charge in [0.05, 0.1) is 6.54 Å². The lowest BCUT2D eigenvalue weighted by atomic mass is 9.99. The molecule has 1 atom stereocenters. The van der Waals surface area contributed by atoms with E-state index in [1.807, 2.05) is 0 Å². The quantitative estimate of drug-likeness (QED) is 0.773. The van der Waals surface area contributed by atoms with Gasteiger partial charge in [-0.15, -0.1) is 10.2 Å². The molecule has 5 heteroatoms. The van der Waals surface area contributed by atoms with Gasteiger partial charge >= 0.3 is 0 Å². The van der Waals surface area contributed by atoms with Crippen molar-refractivity contribution >= 4 is 0 Å². The Bertz CT molecular complexity index is 330. The summed E-state index contributed by atoms with van der Waals surface area (Å²) >= 11 is 0. The van der Waals surface area contributed by atoms with E-state index < -0.39 is 0 Å². The van der Waals surface area contributed by atoms with Gasteiger partial charge in [-0.3, -0.25) is 4.90 Å². The molecule has 1 aromatic rings. The highest BCUT2D eigenvalue weighted by Crippen LogP contribution is 2.13. The van der Waals surface area contributed by atoms with Crippen molar-refractivity contribution in [1.29, 1.82) is 0 Å². The van der Waals surface area contributed by atoms with Crippen LogP contribution in [0.1, 0.15) is 26.1 Å². The predicted octanol–water partition coefficient (Wildman–Crippen LogP) is 0.221. The number of hydrogen-bond donors (Lipinski definition) is 1. The second-order valence-electron chi connectivity index (χ2n) is 4.66. The van der Waals surface area contributed by atoms with Gasteiger partial charge in [-0.2, -0.15) is 0 Å². The van der Waals surface area contributed by atoms with E-state index in [2.05, 4.69) is 33.5 Å². The Hall–Kier alpha value is -0.940. The highest BCUT2D eigenvalue weighted by Gasteiger charge is 2.24. The van der Waals surface area contributed by atoms with E-state index in [1.165, 1.54) is 0 Å². The molecule has 0 radical (unpaired) electrons. The minimum Gasteiger partial charge on any atom is -0.324 e. The molecule has 1 aliphatic rings. The summed E-state index contributed by atoms with van der Waals surface area (Å²) < 4.78 is 2.11. The smallest absolute Gasteiger partial charge is 0.147 e. The van der Waals surface area contributed by atoms with Gasteiger partial charge in [0, 0.05) is 25.2 Å². The third-order valence-electron chi connectivity index (χ3n) is 3.11. The molecule has 0 aliphatic carbocycles. The first-order valence-corrected chi connectivity index (χ1v) is 5.48. The lowest BCUT2D eigenvalue weighted by Crippen LogP contribution is -2.49. The molecule has 84 valence electrons. The molecular formula is C10H19N5. The van der Waals surface area contributed by atoms with Crippen molar-refractivity contribution < 1.29 is 0 Å². The molecule has 2 N–H and O–H groups in total. The van der Waals surface area contributed by atoms with Gasteiger partial charge in [-0.25, -0.2) is 0 Å². The zero-order valence-corrected chi connectivity index (χ0v) is 9.48. The van der Waals surface area contributed by atoms with Crippen LogP contribution in [0.2, 0.25) is 0 Å². The summed E-state index contributed by atoms with van der Waals surface area (Å²) in [6, 6.07) is 0. The second-order valence-corrected chi connectivity index (χ2v) is 4.66. The second kappa shape index (κ2) is 3.90. The molecule has 2 rings (SSSR count). The van der Waals surface area contributed by atoms with Crippen LogP contribution >= 0.6 is 0 Å². The molecule has 0 saturated heterocycles. The van der Waals surface area contributed by atoms with Crippen LogP contribution < -0.4 is 5.73 Å². The molecule has 1 aromatic heterocycles. The lowest BCUT2D eigenvalue weighted by Gasteiger charge is -2.34. The van der Waals surface area contributed by atoms with E-state index >= 15 is 0 Å². The Morgan fingerprint density at radius 3 is 3.07 bits per heavy atom. The first kappa shape index (κ1) is 10.6. The van der Waals surface area contributed by atoms with Gasteiger partial charge in [-0.1, -0.05) is 6.92 Å². The number of rotatable bonds is 3. The van der Waals surface area contributed by atoms with Crippen LogP contribution in [0.5, 0.6) is 0 Å². The number of aromatic nitrogens is 3. The molecule has 15 heavy (non-hydrogen) atoms. The average Bonchev–Trinajstić information content (AvgIpc) is 2.64. The maximum Gasteiger partial charge on any atom is 0.147 e. The molecule has 1 aliphatic heterocycles. The molecular weight excluding hydrogens is 190 g/mol. The predicted molar refractivity (Wildman–Crippen MR) is 58.2 cm³/mol. The first-order chi connectivity index (χ1) is 7.11. The standard InChI is InChI=1S/C10H19N5/c1-3-10(2,11)7-14-4-5-15-8-12-13-9(15)6-14/h8H,3-7,11H2,1-2H3. The fourth-order valence-corrected chi connectivity index (χ4v) is 1.87. The van der Waals surface area contributed by atoms with Gasteiger partial charge in [0.2, 0.25) is 0 Å². The topological polar surface area (TPSA) is 60.0 Å². The van der Waals surface area contributed by atoms with Crippen LogP contribution in [0, 0.1) is 0 Å². The van der Waals surface area contributed by atoms with E-state index in [1.54, 1.807) is 6.33 Å². The zero-order chi connectivity index (χ0) is 10.9. The van der Waals surface area contributed by atoms with Gasteiger partial charge < -0.3 is 10.3 Å². The van der Waals surface area contributed by atoms with Crippen LogP contribution in [0.3, 0.4) is 0 Å². The van der Waals surface area contributed by atoms with E-state index in [0.717, 1.165) is 38.4 Å². The van der Waals surface area contributed by atoms with Crippen molar-refractivity contribution in [3.63, 3.8) is 0 Å². The molecule has 0 saturated carbocycles. The van der Waals surface area contributed by atoms with Crippen molar-refractivity contribution in [3.8, 4) is 0 Å². The lowest BCUT2D eigenvalue weighted by molar-refractivity contribution is 0.172. The van der Waals surface area contributed by atoms with E-state index in [4.69, 9.17) is 5.73 Å². The molecule has 2 heterocycles. The third-order valence-corrected chi connectivity index (χ3v) is 3.11. The van der Waals surface area contributed by atoms with Crippen LogP contribution in [-0.2, 0) is 13.1 Å². The molecule has 0 bridgehead atoms. The fraction of sp³-hybridized carbons (Fsp3) is 0.800. The number of nitrogens with zero attached hydrogens (tertiary/aromatic N) is 4. The SMILES string of the molecule is CCC(C)(N)CN1CCn2cnnc2C1. The van der Waals surface area contributed by atoms with E-state index in [-0.39, 0.29) is 5.54 Å². The van der Waals surface area contributed by atoms with Crippen LogP contribution in [-0.4, -0.2) is 38.3 Å². The normalized spacial score (nSPS) is 21.0. The highest BCUT2D eigenvalue weighted by atomic mass is 15.3. The maximum atomic E-state index is 6.16. The molecule has 5 nitrogen and oxygen atoms in total. The largest absolute Gasteiger partial charge is 0.324 e. The zero-order valence-electron chi connectivity index (χ0n) is 9.48. The summed E-state index contributed by atoms with van der Waals surface area (Å²) in [7, 11) is 0. The van der Waals surface area contributed by atoms with Crippen molar-refractivity contribution in [2.45, 2.75) is 38.9 Å². The summed E-state index contributed by atoms with van der Waals surface area (Å²) in [5.41, 5.74) is 6.06. The number of nitrogens with two attached hydrogens (primary N) is 1. The molecule has 0 fully saturated rings. The molecule has 0 spiro atoms.